The summed E-state index contributed by atoms with van der Waals surface area (Å²) in [5.41, 5.74) is 5.73. The summed E-state index contributed by atoms with van der Waals surface area (Å²) in [5.74, 6) is 0.482. The zero-order valence-corrected chi connectivity index (χ0v) is 12.4. The highest BCUT2D eigenvalue weighted by Crippen LogP contribution is 2.21. The van der Waals surface area contributed by atoms with Gasteiger partial charge in [-0.05, 0) is 19.4 Å². The number of hydrogen-bond acceptors (Lipinski definition) is 4. The third kappa shape index (κ3) is 3.00. The summed E-state index contributed by atoms with van der Waals surface area (Å²) in [4.78, 5) is 25.2. The average molecular weight is 291 g/mol. The number of hydrogen-bond donors (Lipinski definition) is 2. The smallest absolute Gasteiger partial charge is 0.325 e. The van der Waals surface area contributed by atoms with E-state index in [4.69, 9.17) is 10.5 Å². The Labute approximate surface area is 124 Å². The summed E-state index contributed by atoms with van der Waals surface area (Å²) in [7, 11) is 0. The van der Waals surface area contributed by atoms with Gasteiger partial charge in [0.2, 0.25) is 0 Å². The molecule has 1 fully saturated rings. The molecule has 6 nitrogen and oxygen atoms in total. The van der Waals surface area contributed by atoms with E-state index in [1.165, 1.54) is 4.90 Å². The maximum Gasteiger partial charge on any atom is 0.325 e. The Hall–Kier alpha value is -2.08. The van der Waals surface area contributed by atoms with Crippen LogP contribution in [-0.2, 0) is 11.3 Å². The third-order valence-corrected chi connectivity index (χ3v) is 3.82. The Balaban J connectivity index is 1.95. The number of benzene rings is 1. The first-order chi connectivity index (χ1) is 10.0. The molecular weight excluding hydrogens is 270 g/mol. The van der Waals surface area contributed by atoms with Crippen LogP contribution in [-0.4, -0.2) is 35.5 Å². The van der Waals surface area contributed by atoms with Crippen molar-refractivity contribution in [1.29, 1.82) is 0 Å². The van der Waals surface area contributed by atoms with Gasteiger partial charge in [-0.3, -0.25) is 9.69 Å². The maximum absolute atomic E-state index is 12.2. The Bertz CT molecular complexity index is 547. The van der Waals surface area contributed by atoms with E-state index in [0.717, 1.165) is 5.56 Å². The lowest BCUT2D eigenvalue weighted by Crippen LogP contribution is -2.43. The van der Waals surface area contributed by atoms with Crippen LogP contribution in [0.3, 0.4) is 0 Å². The molecule has 6 heteroatoms. The summed E-state index contributed by atoms with van der Waals surface area (Å²) >= 11 is 0. The first-order valence-corrected chi connectivity index (χ1v) is 7.06. The number of para-hydroxylation sites is 1. The second-order valence-corrected chi connectivity index (χ2v) is 5.23. The molecule has 114 valence electrons. The maximum atomic E-state index is 12.2. The molecule has 1 atom stereocenters. The minimum absolute atomic E-state index is 0.203. The molecule has 3 N–H and O–H groups in total. The zero-order valence-electron chi connectivity index (χ0n) is 12.4. The summed E-state index contributed by atoms with van der Waals surface area (Å²) in [6.07, 6.45) is 0.560. The molecule has 21 heavy (non-hydrogen) atoms. The minimum Gasteiger partial charge on any atom is -0.491 e. The molecule has 1 aromatic carbocycles. The highest BCUT2D eigenvalue weighted by Gasteiger charge is 2.46. The van der Waals surface area contributed by atoms with Crippen LogP contribution >= 0.6 is 0 Å². The number of nitrogens with two attached hydrogens (primary N) is 1. The monoisotopic (exact) mass is 291 g/mol. The molecule has 1 heterocycles. The van der Waals surface area contributed by atoms with Crippen LogP contribution in [0.2, 0.25) is 0 Å². The molecule has 1 unspecified atom stereocenters. The van der Waals surface area contributed by atoms with Crippen LogP contribution in [0.1, 0.15) is 25.8 Å². The van der Waals surface area contributed by atoms with Gasteiger partial charge < -0.3 is 15.8 Å². The fraction of sp³-hybridized carbons (Fsp3) is 0.467. The number of ether oxygens (including phenoxy) is 1. The Kier molecular flexibility index (Phi) is 4.47. The zero-order chi connectivity index (χ0) is 15.5. The van der Waals surface area contributed by atoms with Crippen molar-refractivity contribution in [2.45, 2.75) is 32.4 Å². The first kappa shape index (κ1) is 15.3. The van der Waals surface area contributed by atoms with Gasteiger partial charge in [-0.25, -0.2) is 4.79 Å². The molecule has 0 bridgehead atoms. The van der Waals surface area contributed by atoms with E-state index in [1.54, 1.807) is 6.92 Å². The summed E-state index contributed by atoms with van der Waals surface area (Å²) in [5, 5.41) is 2.71. The van der Waals surface area contributed by atoms with E-state index in [9.17, 15) is 9.59 Å². The molecule has 1 aliphatic rings. The number of urea groups is 1. The van der Waals surface area contributed by atoms with Gasteiger partial charge in [-0.1, -0.05) is 25.1 Å². The fourth-order valence-electron chi connectivity index (χ4n) is 2.25. The SMILES string of the molecule is CCC1(C)NC(=O)N(CCOc2ccccc2CN)C1=O. The van der Waals surface area contributed by atoms with Crippen molar-refractivity contribution in [2.24, 2.45) is 5.73 Å². The van der Waals surface area contributed by atoms with E-state index in [1.807, 2.05) is 31.2 Å². The molecule has 1 aromatic rings. The topological polar surface area (TPSA) is 84.7 Å². The lowest BCUT2D eigenvalue weighted by Gasteiger charge is -2.19. The van der Waals surface area contributed by atoms with Gasteiger partial charge in [0.05, 0.1) is 6.54 Å². The van der Waals surface area contributed by atoms with Crippen molar-refractivity contribution >= 4 is 11.9 Å². The number of nitrogens with one attached hydrogen (secondary N) is 1. The molecule has 1 saturated heterocycles. The van der Waals surface area contributed by atoms with Gasteiger partial charge in [-0.2, -0.15) is 0 Å². The van der Waals surface area contributed by atoms with E-state index in [2.05, 4.69) is 5.32 Å². The number of rotatable bonds is 6. The molecule has 0 saturated carbocycles. The number of imide groups is 1. The molecule has 0 radical (unpaired) electrons. The molecule has 3 amide bonds. The van der Waals surface area contributed by atoms with Crippen molar-refractivity contribution in [2.75, 3.05) is 13.2 Å². The van der Waals surface area contributed by atoms with Crippen molar-refractivity contribution in [3.8, 4) is 5.75 Å². The van der Waals surface area contributed by atoms with Gasteiger partial charge >= 0.3 is 6.03 Å². The summed E-state index contributed by atoms with van der Waals surface area (Å²) in [6.45, 7) is 4.45. The average Bonchev–Trinajstić information content (AvgIpc) is 2.71. The number of nitrogens with zero attached hydrogens (tertiary/aromatic N) is 1. The predicted molar refractivity (Wildman–Crippen MR) is 78.8 cm³/mol. The van der Waals surface area contributed by atoms with Gasteiger partial charge in [0.25, 0.3) is 5.91 Å². The van der Waals surface area contributed by atoms with Crippen molar-refractivity contribution in [3.63, 3.8) is 0 Å². The van der Waals surface area contributed by atoms with Crippen LogP contribution in [0.25, 0.3) is 0 Å². The Morgan fingerprint density at radius 3 is 2.67 bits per heavy atom. The lowest BCUT2D eigenvalue weighted by molar-refractivity contribution is -0.131. The first-order valence-electron chi connectivity index (χ1n) is 7.06. The highest BCUT2D eigenvalue weighted by molar-refractivity contribution is 6.06. The summed E-state index contributed by atoms with van der Waals surface area (Å²) < 4.78 is 5.63. The van der Waals surface area contributed by atoms with Crippen molar-refractivity contribution in [3.05, 3.63) is 29.8 Å². The van der Waals surface area contributed by atoms with Crippen molar-refractivity contribution < 1.29 is 14.3 Å². The van der Waals surface area contributed by atoms with E-state index < -0.39 is 5.54 Å². The van der Waals surface area contributed by atoms with Crippen LogP contribution < -0.4 is 15.8 Å². The van der Waals surface area contributed by atoms with Gasteiger partial charge in [0, 0.05) is 12.1 Å². The Morgan fingerprint density at radius 1 is 1.33 bits per heavy atom. The van der Waals surface area contributed by atoms with Crippen LogP contribution in [0.5, 0.6) is 5.75 Å². The Morgan fingerprint density at radius 2 is 2.05 bits per heavy atom. The molecule has 0 spiro atoms. The standard InChI is InChI=1S/C15H21N3O3/c1-3-15(2)13(19)18(14(20)17-15)8-9-21-12-7-5-4-6-11(12)10-16/h4-7H,3,8-10,16H2,1-2H3,(H,17,20). The molecule has 1 aliphatic heterocycles. The quantitative estimate of drug-likeness (QED) is 0.772. The largest absolute Gasteiger partial charge is 0.491 e. The second-order valence-electron chi connectivity index (χ2n) is 5.23. The van der Waals surface area contributed by atoms with E-state index >= 15 is 0 Å². The lowest BCUT2D eigenvalue weighted by atomic mass is 9.99. The van der Waals surface area contributed by atoms with Crippen molar-refractivity contribution in [1.82, 2.24) is 10.2 Å². The van der Waals surface area contributed by atoms with E-state index in [-0.39, 0.29) is 25.1 Å². The van der Waals surface area contributed by atoms with Gasteiger partial charge in [-0.15, -0.1) is 0 Å². The molecule has 0 aliphatic carbocycles. The van der Waals surface area contributed by atoms with Gasteiger partial charge in [0.15, 0.2) is 0 Å². The number of carbonyl (C=O) groups is 2. The van der Waals surface area contributed by atoms with Crippen LogP contribution in [0.15, 0.2) is 24.3 Å². The van der Waals surface area contributed by atoms with E-state index in [0.29, 0.717) is 18.7 Å². The van der Waals surface area contributed by atoms with Gasteiger partial charge in [0.1, 0.15) is 17.9 Å². The molecular formula is C15H21N3O3. The highest BCUT2D eigenvalue weighted by atomic mass is 16.5. The summed E-state index contributed by atoms with van der Waals surface area (Å²) in [6, 6.07) is 7.09. The number of carbonyl (C=O) groups excluding carboxylic acids is 2. The fourth-order valence-corrected chi connectivity index (χ4v) is 2.25. The van der Waals surface area contributed by atoms with Crippen LogP contribution in [0.4, 0.5) is 4.79 Å². The molecule has 0 aromatic heterocycles. The minimum atomic E-state index is -0.799. The predicted octanol–water partition coefficient (Wildman–Crippen LogP) is 1.24. The van der Waals surface area contributed by atoms with Crippen LogP contribution in [0, 0.1) is 0 Å². The molecule has 2 rings (SSSR count). The number of amides is 3. The normalized spacial score (nSPS) is 21.6. The second kappa shape index (κ2) is 6.13. The third-order valence-electron chi connectivity index (χ3n) is 3.82.